The summed E-state index contributed by atoms with van der Waals surface area (Å²) in [6.45, 7) is 71.9. The highest BCUT2D eigenvalue weighted by Gasteiger charge is 2.19. The summed E-state index contributed by atoms with van der Waals surface area (Å²) in [7, 11) is 0. The molecule has 114 heavy (non-hydrogen) atoms. The molecule has 0 spiro atoms. The Balaban J connectivity index is -0.00000118. The van der Waals surface area contributed by atoms with Crippen molar-refractivity contribution in [1.82, 2.24) is 0 Å². The molecule has 0 radical (unpaired) electrons. The molecule has 7 nitrogen and oxygen atoms in total. The fourth-order valence-electron chi connectivity index (χ4n) is 11.2. The third-order valence-corrected chi connectivity index (χ3v) is 18.0. The van der Waals surface area contributed by atoms with E-state index in [4.69, 9.17) is 4.42 Å². The Bertz CT molecular complexity index is 3940. The molecule has 0 amide bonds. The zero-order chi connectivity index (χ0) is 87.1. The molecule has 0 unspecified atom stereocenters. The minimum atomic E-state index is 0.956. The molecule has 0 saturated carbocycles. The van der Waals surface area contributed by atoms with Gasteiger partial charge in [0.25, 0.3) is 0 Å². The zero-order valence-corrected chi connectivity index (χ0v) is 79.3. The normalized spacial score (nSPS) is 10.9. The number of fused-ring (bicyclic) bond motifs is 7. The van der Waals surface area contributed by atoms with E-state index < -0.39 is 0 Å². The first-order chi connectivity index (χ1) is 55.3. The summed E-state index contributed by atoms with van der Waals surface area (Å²) >= 11 is 3.50. The van der Waals surface area contributed by atoms with Gasteiger partial charge in [-0.15, -0.1) is 11.3 Å². The smallest absolute Gasteiger partial charge is 0.133 e. The summed E-state index contributed by atoms with van der Waals surface area (Å²) in [6, 6.07) is 61.8. The van der Waals surface area contributed by atoms with Gasteiger partial charge in [-0.1, -0.05) is 284 Å². The highest BCUT2D eigenvalue weighted by Crippen LogP contribution is 2.37. The highest BCUT2D eigenvalue weighted by atomic mass is 32.1. The van der Waals surface area contributed by atoms with Crippen molar-refractivity contribution < 1.29 is 8.83 Å². The number of nitrogens with zero attached hydrogens (tertiary/aromatic N) is 5. The SMILES string of the molecule is CC.CC.CC.CC.CC.CC.CC.CC.CC.CC.CC1=Nc2c(C)ccc(C)c2C1.CC1=Nc2c(C)ccc(C)c2C1.CC1=Nc2c(C)ccc(C)c2C1.CC1=Nc2c(C)ccc(C)c2C1.CC1=Nc2c(C)ccc(C)c2C1.c1ccc2occc2c1.c1ccc2sccc2c1.c1ccccc1.c1ccoc1.c1ccsc1. The van der Waals surface area contributed by atoms with Crippen molar-refractivity contribution in [2.45, 2.75) is 274 Å². The number of hydrogen-bond acceptors (Lipinski definition) is 9. The quantitative estimate of drug-likeness (QED) is 0.151. The van der Waals surface area contributed by atoms with Crippen molar-refractivity contribution >= 4 is 101 Å². The Morgan fingerprint density at radius 3 is 0.711 bits per heavy atom. The first kappa shape index (κ1) is 109. The Kier molecular flexibility index (Phi) is 63.9. The number of para-hydroxylation sites is 1. The Hall–Kier alpha value is -9.41. The van der Waals surface area contributed by atoms with Gasteiger partial charge < -0.3 is 8.83 Å². The second kappa shape index (κ2) is 67.0. The van der Waals surface area contributed by atoms with Crippen molar-refractivity contribution in [1.29, 1.82) is 0 Å². The second-order valence-electron chi connectivity index (χ2n) is 24.4. The molecule has 17 rings (SSSR count). The van der Waals surface area contributed by atoms with Gasteiger partial charge in [0, 0.05) is 70.7 Å². The predicted molar refractivity (Wildman–Crippen MR) is 523 cm³/mol. The molecule has 9 heteroatoms. The van der Waals surface area contributed by atoms with Crippen molar-refractivity contribution in [3.63, 3.8) is 0 Å². The Labute approximate surface area is 704 Å². The van der Waals surface area contributed by atoms with Gasteiger partial charge in [-0.2, -0.15) is 11.3 Å². The van der Waals surface area contributed by atoms with E-state index in [2.05, 4.69) is 230 Å². The van der Waals surface area contributed by atoms with Gasteiger partial charge in [0.15, 0.2) is 0 Å². The van der Waals surface area contributed by atoms with Gasteiger partial charge in [-0.05, 0) is 245 Å². The second-order valence-corrected chi connectivity index (χ2v) is 26.2. The van der Waals surface area contributed by atoms with Gasteiger partial charge in [-0.3, -0.25) is 25.0 Å². The topological polar surface area (TPSA) is 88.1 Å². The summed E-state index contributed by atoms with van der Waals surface area (Å²) in [5.41, 5.74) is 33.7. The van der Waals surface area contributed by atoms with Crippen LogP contribution in [0.3, 0.4) is 0 Å². The highest BCUT2D eigenvalue weighted by molar-refractivity contribution is 7.17. The van der Waals surface area contributed by atoms with Crippen molar-refractivity contribution in [3.05, 3.63) is 300 Å². The summed E-state index contributed by atoms with van der Waals surface area (Å²) in [4.78, 5) is 22.6. The lowest BCUT2D eigenvalue weighted by Crippen LogP contribution is -1.91. The number of furan rings is 2. The number of rotatable bonds is 0. The van der Waals surface area contributed by atoms with E-state index in [1.807, 2.05) is 240 Å². The summed E-state index contributed by atoms with van der Waals surface area (Å²) in [6.07, 6.45) is 10.2. The number of thiophene rings is 2. The van der Waals surface area contributed by atoms with Crippen molar-refractivity contribution in [2.75, 3.05) is 0 Å². The van der Waals surface area contributed by atoms with Gasteiger partial charge >= 0.3 is 0 Å². The van der Waals surface area contributed by atoms with Crippen LogP contribution in [0.2, 0.25) is 0 Å². The standard InChI is InChI=1S/5C11H13N.C8H6O.C8H6S.C6H6.C4H4O.C4H4S.10C2H6/c5*1-7-4-5-8(2)11-10(7)6-9(3)12-11;2*1-2-4-8-7(3-1)5-6-9-8;1-2-4-6-5-3-1;2*1-2-4-5-3-1;10*1-2/h5*4-5H,6H2,1-3H3;2*1-6H;1-6H;2*1-4H;10*1-2H3. The maximum absolute atomic E-state index is 5.12. The fraction of sp³-hybridized carbons (Fsp3) is 0.381. The molecule has 0 N–H and O–H groups in total. The van der Waals surface area contributed by atoms with Crippen LogP contribution in [0.4, 0.5) is 28.4 Å². The molecule has 0 saturated heterocycles. The van der Waals surface area contributed by atoms with Gasteiger partial charge in [-0.25, -0.2) is 0 Å². The molecule has 4 aromatic heterocycles. The van der Waals surface area contributed by atoms with E-state index in [1.165, 1.54) is 151 Å². The molecule has 0 atom stereocenters. The molecule has 0 bridgehead atoms. The van der Waals surface area contributed by atoms with Gasteiger partial charge in [0.1, 0.15) is 5.58 Å². The molecule has 5 aliphatic rings. The Morgan fingerprint density at radius 1 is 0.228 bits per heavy atom. The van der Waals surface area contributed by atoms with Crippen LogP contribution >= 0.6 is 22.7 Å². The van der Waals surface area contributed by atoms with Crippen LogP contribution in [0, 0.1) is 69.2 Å². The van der Waals surface area contributed by atoms with Crippen LogP contribution in [0.25, 0.3) is 21.1 Å². The monoisotopic (exact) mass is 1580 g/mol. The largest absolute Gasteiger partial charge is 0.473 e. The Morgan fingerprint density at radius 2 is 0.482 bits per heavy atom. The zero-order valence-electron chi connectivity index (χ0n) is 77.7. The molecular formula is C105H151N5O2S2. The molecule has 620 valence electrons. The van der Waals surface area contributed by atoms with E-state index in [-0.39, 0.29) is 0 Å². The maximum Gasteiger partial charge on any atom is 0.133 e. The van der Waals surface area contributed by atoms with Crippen LogP contribution < -0.4 is 0 Å². The van der Waals surface area contributed by atoms with Crippen LogP contribution in [0.1, 0.15) is 257 Å². The molecule has 5 aliphatic heterocycles. The van der Waals surface area contributed by atoms with Gasteiger partial charge in [0.05, 0.1) is 47.2 Å². The van der Waals surface area contributed by atoms with E-state index >= 15 is 0 Å². The van der Waals surface area contributed by atoms with Crippen molar-refractivity contribution in [3.8, 4) is 0 Å². The first-order valence-corrected chi connectivity index (χ1v) is 44.1. The lowest BCUT2D eigenvalue weighted by molar-refractivity contribution is 0.567. The third-order valence-electron chi connectivity index (χ3n) is 16.5. The van der Waals surface area contributed by atoms with Crippen molar-refractivity contribution in [2.24, 2.45) is 25.0 Å². The number of benzene rings is 8. The molecule has 12 aromatic rings. The van der Waals surface area contributed by atoms with E-state index in [0.717, 1.165) is 43.1 Å². The fourth-order valence-corrected chi connectivity index (χ4v) is 12.5. The lowest BCUT2D eigenvalue weighted by atomic mass is 10.0. The number of aliphatic imine (C=N–C) groups is 5. The van der Waals surface area contributed by atoms with E-state index in [1.54, 1.807) is 41.5 Å². The van der Waals surface area contributed by atoms with E-state index in [0.29, 0.717) is 0 Å². The first-order valence-electron chi connectivity index (χ1n) is 42.3. The summed E-state index contributed by atoms with van der Waals surface area (Å²) in [5.74, 6) is 0. The molecule has 0 fully saturated rings. The van der Waals surface area contributed by atoms with E-state index in [9.17, 15) is 0 Å². The minimum Gasteiger partial charge on any atom is -0.473 e. The number of aryl methyl sites for hydroxylation is 10. The lowest BCUT2D eigenvalue weighted by Gasteiger charge is -2.04. The van der Waals surface area contributed by atoms with Crippen LogP contribution in [0.5, 0.6) is 0 Å². The van der Waals surface area contributed by atoms with Crippen LogP contribution in [0.15, 0.2) is 251 Å². The predicted octanol–water partition coefficient (Wildman–Crippen LogP) is 35.1. The summed E-state index contributed by atoms with van der Waals surface area (Å²) in [5, 5.41) is 8.71. The molecule has 8 aromatic carbocycles. The summed E-state index contributed by atoms with van der Waals surface area (Å²) < 4.78 is 11.1. The average molecular weight is 1580 g/mol. The van der Waals surface area contributed by atoms with Gasteiger partial charge in [0.2, 0.25) is 0 Å². The maximum atomic E-state index is 5.12. The molecular weight excluding hydrogens is 1430 g/mol. The van der Waals surface area contributed by atoms with Crippen LogP contribution in [-0.2, 0) is 32.1 Å². The minimum absolute atomic E-state index is 0.956. The molecule has 0 aliphatic carbocycles. The average Bonchev–Trinajstić information content (AvgIpc) is 1.68. The van der Waals surface area contributed by atoms with Crippen LogP contribution in [-0.4, -0.2) is 28.6 Å². The third kappa shape index (κ3) is 38.6. The number of hydrogen-bond donors (Lipinski definition) is 0. The molecule has 9 heterocycles.